The van der Waals surface area contributed by atoms with Gasteiger partial charge in [-0.25, -0.2) is 25.1 Å². The SMILES string of the molecule is Nc1cc(N)nc(SCC(=O)Nc2cccc[nH+]2)n1. The summed E-state index contributed by atoms with van der Waals surface area (Å²) >= 11 is 1.17. The zero-order valence-corrected chi connectivity index (χ0v) is 10.8. The lowest BCUT2D eigenvalue weighted by molar-refractivity contribution is -0.360. The summed E-state index contributed by atoms with van der Waals surface area (Å²) in [4.78, 5) is 22.5. The van der Waals surface area contributed by atoms with Crippen molar-refractivity contribution in [2.45, 2.75) is 5.16 Å². The quantitative estimate of drug-likeness (QED) is 0.541. The number of carbonyl (C=O) groups is 1. The highest BCUT2D eigenvalue weighted by atomic mass is 32.2. The van der Waals surface area contributed by atoms with Crippen LogP contribution in [0.25, 0.3) is 0 Å². The minimum Gasteiger partial charge on any atom is -0.383 e. The molecule has 2 aromatic heterocycles. The Hall–Kier alpha value is -2.35. The van der Waals surface area contributed by atoms with Crippen LogP contribution in [0.1, 0.15) is 0 Å². The smallest absolute Gasteiger partial charge is 0.317 e. The highest BCUT2D eigenvalue weighted by Gasteiger charge is 2.11. The number of nitrogens with zero attached hydrogens (tertiary/aromatic N) is 2. The molecule has 0 saturated heterocycles. The Morgan fingerprint density at radius 2 is 2.05 bits per heavy atom. The van der Waals surface area contributed by atoms with E-state index >= 15 is 0 Å². The van der Waals surface area contributed by atoms with E-state index in [1.807, 2.05) is 12.1 Å². The molecule has 0 aromatic carbocycles. The number of pyridine rings is 1. The summed E-state index contributed by atoms with van der Waals surface area (Å²) in [5.41, 5.74) is 11.1. The molecule has 0 fully saturated rings. The van der Waals surface area contributed by atoms with Gasteiger partial charge in [0.15, 0.2) is 5.16 Å². The van der Waals surface area contributed by atoms with Crippen molar-refractivity contribution in [2.75, 3.05) is 22.5 Å². The fraction of sp³-hybridized carbons (Fsp3) is 0.0909. The van der Waals surface area contributed by atoms with Crippen LogP contribution in [-0.4, -0.2) is 21.6 Å². The number of nitrogen functional groups attached to an aromatic ring is 2. The Bertz CT molecular complexity index is 556. The molecular weight excluding hydrogens is 264 g/mol. The molecule has 8 heteroatoms. The molecule has 6 N–H and O–H groups in total. The number of hydrogen-bond acceptors (Lipinski definition) is 6. The first-order chi connectivity index (χ1) is 9.13. The van der Waals surface area contributed by atoms with E-state index in [1.165, 1.54) is 17.8 Å². The summed E-state index contributed by atoms with van der Waals surface area (Å²) in [6, 6.07) is 6.87. The van der Waals surface area contributed by atoms with Gasteiger partial charge in [-0.2, -0.15) is 0 Å². The molecule has 1 amide bonds. The number of aromatic amines is 1. The van der Waals surface area contributed by atoms with E-state index in [0.717, 1.165) is 0 Å². The third-order valence-corrected chi connectivity index (χ3v) is 2.91. The fourth-order valence-electron chi connectivity index (χ4n) is 1.31. The molecule has 0 aliphatic carbocycles. The topological polar surface area (TPSA) is 121 Å². The van der Waals surface area contributed by atoms with Crippen LogP contribution in [0, 0.1) is 0 Å². The molecular formula is C11H13N6OS+. The molecule has 0 atom stereocenters. The molecule has 2 rings (SSSR count). The maximum absolute atomic E-state index is 11.7. The number of thioether (sulfide) groups is 1. The third kappa shape index (κ3) is 4.11. The number of carbonyl (C=O) groups excluding carboxylic acids is 1. The third-order valence-electron chi connectivity index (χ3n) is 2.06. The van der Waals surface area contributed by atoms with Crippen molar-refractivity contribution in [3.63, 3.8) is 0 Å². The molecule has 0 bridgehead atoms. The number of amides is 1. The van der Waals surface area contributed by atoms with E-state index < -0.39 is 0 Å². The highest BCUT2D eigenvalue weighted by Crippen LogP contribution is 2.16. The fourth-order valence-corrected chi connectivity index (χ4v) is 1.99. The van der Waals surface area contributed by atoms with Gasteiger partial charge >= 0.3 is 5.91 Å². The van der Waals surface area contributed by atoms with Crippen molar-refractivity contribution in [1.29, 1.82) is 0 Å². The van der Waals surface area contributed by atoms with Crippen LogP contribution in [0.5, 0.6) is 0 Å². The lowest BCUT2D eigenvalue weighted by Crippen LogP contribution is -2.20. The van der Waals surface area contributed by atoms with Crippen molar-refractivity contribution in [2.24, 2.45) is 0 Å². The second kappa shape index (κ2) is 6.01. The molecule has 0 spiro atoms. The zero-order chi connectivity index (χ0) is 13.7. The number of rotatable bonds is 4. The number of nitrogens with two attached hydrogens (primary N) is 2. The summed E-state index contributed by atoms with van der Waals surface area (Å²) in [7, 11) is 0. The molecule has 0 saturated carbocycles. The molecule has 98 valence electrons. The Morgan fingerprint density at radius 1 is 1.32 bits per heavy atom. The van der Waals surface area contributed by atoms with Crippen LogP contribution < -0.4 is 21.8 Å². The Morgan fingerprint density at radius 3 is 2.68 bits per heavy atom. The van der Waals surface area contributed by atoms with Gasteiger partial charge in [0.25, 0.3) is 5.82 Å². The van der Waals surface area contributed by atoms with Gasteiger partial charge < -0.3 is 11.5 Å². The van der Waals surface area contributed by atoms with Crippen molar-refractivity contribution >= 4 is 35.1 Å². The molecule has 0 radical (unpaired) electrons. The van der Waals surface area contributed by atoms with Crippen molar-refractivity contribution in [3.8, 4) is 0 Å². The van der Waals surface area contributed by atoms with Crippen LogP contribution in [-0.2, 0) is 4.79 Å². The van der Waals surface area contributed by atoms with Gasteiger partial charge in [0.1, 0.15) is 17.4 Å². The molecule has 0 aliphatic rings. The van der Waals surface area contributed by atoms with Crippen molar-refractivity contribution in [3.05, 3.63) is 30.5 Å². The first-order valence-corrected chi connectivity index (χ1v) is 6.41. The van der Waals surface area contributed by atoms with Gasteiger partial charge in [0, 0.05) is 12.1 Å². The van der Waals surface area contributed by atoms with Gasteiger partial charge in [-0.05, 0) is 6.07 Å². The van der Waals surface area contributed by atoms with Gasteiger partial charge in [-0.1, -0.05) is 17.8 Å². The Labute approximate surface area is 113 Å². The number of hydrogen-bond donors (Lipinski definition) is 3. The second-order valence-corrected chi connectivity index (χ2v) is 4.56. The average molecular weight is 277 g/mol. The predicted molar refractivity (Wildman–Crippen MR) is 73.2 cm³/mol. The Kier molecular flexibility index (Phi) is 4.14. The van der Waals surface area contributed by atoms with Crippen LogP contribution in [0.15, 0.2) is 35.6 Å². The van der Waals surface area contributed by atoms with Crippen molar-refractivity contribution < 1.29 is 9.78 Å². The van der Waals surface area contributed by atoms with E-state index in [0.29, 0.717) is 11.0 Å². The van der Waals surface area contributed by atoms with Gasteiger partial charge in [-0.3, -0.25) is 0 Å². The maximum atomic E-state index is 11.7. The van der Waals surface area contributed by atoms with Crippen LogP contribution in [0.4, 0.5) is 17.5 Å². The van der Waals surface area contributed by atoms with Crippen LogP contribution in [0.3, 0.4) is 0 Å². The van der Waals surface area contributed by atoms with E-state index in [-0.39, 0.29) is 23.3 Å². The first kappa shape index (κ1) is 13.1. The number of anilines is 3. The molecule has 19 heavy (non-hydrogen) atoms. The minimum absolute atomic E-state index is 0.169. The summed E-state index contributed by atoms with van der Waals surface area (Å²) in [5.74, 6) is 1.20. The molecule has 0 unspecified atom stereocenters. The average Bonchev–Trinajstić information content (AvgIpc) is 2.36. The Balaban J connectivity index is 1.90. The van der Waals surface area contributed by atoms with Gasteiger partial charge in [-0.15, -0.1) is 0 Å². The second-order valence-electron chi connectivity index (χ2n) is 3.61. The van der Waals surface area contributed by atoms with E-state index in [4.69, 9.17) is 11.5 Å². The largest absolute Gasteiger partial charge is 0.383 e. The number of nitrogens with one attached hydrogen (secondary N) is 2. The first-order valence-electron chi connectivity index (χ1n) is 5.43. The van der Waals surface area contributed by atoms with Crippen molar-refractivity contribution in [1.82, 2.24) is 9.97 Å². The van der Waals surface area contributed by atoms with Crippen LogP contribution in [0.2, 0.25) is 0 Å². The van der Waals surface area contributed by atoms with Gasteiger partial charge in [0.05, 0.1) is 6.20 Å². The number of H-pyrrole nitrogens is 1. The summed E-state index contributed by atoms with van der Waals surface area (Å²) in [6.45, 7) is 0. The number of aromatic nitrogens is 3. The maximum Gasteiger partial charge on any atom is 0.317 e. The predicted octanol–water partition coefficient (Wildman–Crippen LogP) is 0.186. The monoisotopic (exact) mass is 277 g/mol. The lowest BCUT2D eigenvalue weighted by atomic mass is 10.4. The molecule has 2 aromatic rings. The van der Waals surface area contributed by atoms with E-state index in [9.17, 15) is 4.79 Å². The summed E-state index contributed by atoms with van der Waals surface area (Å²) < 4.78 is 0. The summed E-state index contributed by atoms with van der Waals surface area (Å²) in [6.07, 6.45) is 1.73. The van der Waals surface area contributed by atoms with E-state index in [2.05, 4.69) is 20.3 Å². The van der Waals surface area contributed by atoms with E-state index in [1.54, 1.807) is 12.3 Å². The summed E-state index contributed by atoms with van der Waals surface area (Å²) in [5, 5.41) is 3.09. The van der Waals surface area contributed by atoms with Gasteiger partial charge in [0.2, 0.25) is 0 Å². The zero-order valence-electron chi connectivity index (χ0n) is 9.96. The normalized spacial score (nSPS) is 10.1. The molecule has 0 aliphatic heterocycles. The minimum atomic E-state index is -0.169. The molecule has 7 nitrogen and oxygen atoms in total. The highest BCUT2D eigenvalue weighted by molar-refractivity contribution is 7.99. The molecule has 2 heterocycles. The standard InChI is InChI=1S/C11H12N6OS/c12-7-5-8(13)16-11(15-7)19-6-10(18)17-9-3-1-2-4-14-9/h1-5H,6H2,(H,14,17,18)(H4,12,13,15,16)/p+1. The van der Waals surface area contributed by atoms with Crippen LogP contribution >= 0.6 is 11.8 Å². The lowest BCUT2D eigenvalue weighted by Gasteiger charge is -2.01.